The van der Waals surface area contributed by atoms with Crippen LogP contribution in [0.5, 0.6) is 0 Å². The number of nitrogens with one attached hydrogen (secondary N) is 2. The van der Waals surface area contributed by atoms with Crippen molar-refractivity contribution in [3.63, 3.8) is 0 Å². The second kappa shape index (κ2) is 6.40. The predicted molar refractivity (Wildman–Crippen MR) is 72.0 cm³/mol. The van der Waals surface area contributed by atoms with Gasteiger partial charge < -0.3 is 20.3 Å². The molecule has 0 saturated carbocycles. The van der Waals surface area contributed by atoms with Gasteiger partial charge in [-0.3, -0.25) is 0 Å². The lowest BCUT2D eigenvalue weighted by molar-refractivity contribution is -0.144. The summed E-state index contributed by atoms with van der Waals surface area (Å²) in [5.74, 6) is -0.549. The SMILES string of the molecule is CCC1CCN(C(=O)NCc2cnc[nH]2)C(C(=O)O)C1. The van der Waals surface area contributed by atoms with Crippen molar-refractivity contribution in [3.05, 3.63) is 18.2 Å². The summed E-state index contributed by atoms with van der Waals surface area (Å²) in [6.07, 6.45) is 5.50. The van der Waals surface area contributed by atoms with E-state index >= 15 is 0 Å². The van der Waals surface area contributed by atoms with Crippen molar-refractivity contribution in [2.45, 2.75) is 38.8 Å². The summed E-state index contributed by atoms with van der Waals surface area (Å²) in [6, 6.07) is -1.06. The van der Waals surface area contributed by atoms with Crippen molar-refractivity contribution in [2.24, 2.45) is 5.92 Å². The van der Waals surface area contributed by atoms with Crippen molar-refractivity contribution in [2.75, 3.05) is 6.54 Å². The number of amides is 2. The second-order valence-corrected chi connectivity index (χ2v) is 5.08. The summed E-state index contributed by atoms with van der Waals surface area (Å²) >= 11 is 0. The van der Waals surface area contributed by atoms with Gasteiger partial charge in [0.1, 0.15) is 6.04 Å². The van der Waals surface area contributed by atoms with E-state index in [1.54, 1.807) is 6.20 Å². The largest absolute Gasteiger partial charge is 0.480 e. The number of carboxylic acid groups (broad SMARTS) is 1. The van der Waals surface area contributed by atoms with Gasteiger partial charge in [-0.05, 0) is 18.8 Å². The molecule has 2 atom stereocenters. The van der Waals surface area contributed by atoms with E-state index in [1.807, 2.05) is 0 Å². The van der Waals surface area contributed by atoms with Crippen molar-refractivity contribution in [1.82, 2.24) is 20.2 Å². The number of imidazole rings is 1. The molecule has 7 nitrogen and oxygen atoms in total. The molecule has 1 aromatic rings. The molecule has 0 radical (unpaired) electrons. The first-order valence-corrected chi connectivity index (χ1v) is 6.86. The molecule has 0 bridgehead atoms. The number of aliphatic carboxylic acids is 1. The molecular formula is C13H20N4O3. The van der Waals surface area contributed by atoms with Crippen LogP contribution in [0.3, 0.4) is 0 Å². The highest BCUT2D eigenvalue weighted by Crippen LogP contribution is 2.25. The molecule has 1 aliphatic heterocycles. The third-order valence-corrected chi connectivity index (χ3v) is 3.82. The Hall–Kier alpha value is -2.05. The molecular weight excluding hydrogens is 260 g/mol. The highest BCUT2D eigenvalue weighted by Gasteiger charge is 2.35. The van der Waals surface area contributed by atoms with Gasteiger partial charge in [-0.15, -0.1) is 0 Å². The van der Waals surface area contributed by atoms with Crippen molar-refractivity contribution < 1.29 is 14.7 Å². The van der Waals surface area contributed by atoms with Crippen molar-refractivity contribution in [3.8, 4) is 0 Å². The number of nitrogens with zero attached hydrogens (tertiary/aromatic N) is 2. The van der Waals surface area contributed by atoms with Gasteiger partial charge in [0.25, 0.3) is 0 Å². The number of carbonyl (C=O) groups excluding carboxylic acids is 1. The third kappa shape index (κ3) is 3.28. The highest BCUT2D eigenvalue weighted by molar-refractivity contribution is 5.82. The molecule has 2 rings (SSSR count). The lowest BCUT2D eigenvalue weighted by atomic mass is 9.89. The number of aromatic nitrogens is 2. The first-order valence-electron chi connectivity index (χ1n) is 6.86. The molecule has 0 spiro atoms. The Balaban J connectivity index is 1.94. The Kier molecular flexibility index (Phi) is 4.60. The Bertz CT molecular complexity index is 460. The average molecular weight is 280 g/mol. The number of likely N-dealkylation sites (tertiary alicyclic amines) is 1. The summed E-state index contributed by atoms with van der Waals surface area (Å²) in [7, 11) is 0. The molecule has 1 aromatic heterocycles. The first kappa shape index (κ1) is 14.4. The van der Waals surface area contributed by atoms with Crippen LogP contribution in [0.4, 0.5) is 4.79 Å². The molecule has 0 aliphatic carbocycles. The first-order chi connectivity index (χ1) is 9.61. The molecule has 7 heteroatoms. The summed E-state index contributed by atoms with van der Waals surface area (Å²) in [5.41, 5.74) is 0.786. The predicted octanol–water partition coefficient (Wildman–Crippen LogP) is 1.19. The van der Waals surface area contributed by atoms with E-state index in [1.165, 1.54) is 11.2 Å². The molecule has 1 fully saturated rings. The van der Waals surface area contributed by atoms with Crippen LogP contribution in [-0.2, 0) is 11.3 Å². The van der Waals surface area contributed by atoms with Crippen molar-refractivity contribution in [1.29, 1.82) is 0 Å². The molecule has 1 aliphatic rings. The van der Waals surface area contributed by atoms with Gasteiger partial charge in [-0.1, -0.05) is 13.3 Å². The second-order valence-electron chi connectivity index (χ2n) is 5.08. The quantitative estimate of drug-likeness (QED) is 0.771. The van der Waals surface area contributed by atoms with E-state index in [0.29, 0.717) is 25.4 Å². The van der Waals surface area contributed by atoms with E-state index in [-0.39, 0.29) is 6.03 Å². The number of urea groups is 1. The van der Waals surface area contributed by atoms with Gasteiger partial charge in [0.2, 0.25) is 0 Å². The van der Waals surface area contributed by atoms with Crippen LogP contribution < -0.4 is 5.32 Å². The Labute approximate surface area is 117 Å². The number of carbonyl (C=O) groups is 2. The van der Waals surface area contributed by atoms with Crippen LogP contribution in [0.2, 0.25) is 0 Å². The Morgan fingerprint density at radius 2 is 2.40 bits per heavy atom. The zero-order valence-corrected chi connectivity index (χ0v) is 11.5. The lowest BCUT2D eigenvalue weighted by Crippen LogP contribution is -2.53. The Morgan fingerprint density at radius 1 is 1.60 bits per heavy atom. The summed E-state index contributed by atoms with van der Waals surface area (Å²) in [5, 5.41) is 12.0. The number of hydrogen-bond acceptors (Lipinski definition) is 3. The van der Waals surface area contributed by atoms with Crippen LogP contribution in [-0.4, -0.2) is 44.6 Å². The normalized spacial score (nSPS) is 22.6. The standard InChI is InChI=1S/C13H20N4O3/c1-2-9-3-4-17(11(5-9)12(18)19)13(20)15-7-10-6-14-8-16-10/h6,8-9,11H,2-5,7H2,1H3,(H,14,16)(H,15,20)(H,18,19). The number of carboxylic acids is 1. The zero-order valence-electron chi connectivity index (χ0n) is 11.5. The fourth-order valence-corrected chi connectivity index (χ4v) is 2.54. The minimum atomic E-state index is -0.931. The molecule has 20 heavy (non-hydrogen) atoms. The topological polar surface area (TPSA) is 98.3 Å². The maximum absolute atomic E-state index is 12.1. The smallest absolute Gasteiger partial charge is 0.326 e. The number of piperidine rings is 1. The fourth-order valence-electron chi connectivity index (χ4n) is 2.54. The maximum atomic E-state index is 12.1. The molecule has 1 saturated heterocycles. The van der Waals surface area contributed by atoms with E-state index < -0.39 is 12.0 Å². The van der Waals surface area contributed by atoms with Gasteiger partial charge in [0.15, 0.2) is 0 Å². The maximum Gasteiger partial charge on any atom is 0.326 e. The van der Waals surface area contributed by atoms with E-state index in [9.17, 15) is 14.7 Å². The minimum absolute atomic E-state index is 0.318. The summed E-state index contributed by atoms with van der Waals surface area (Å²) < 4.78 is 0. The minimum Gasteiger partial charge on any atom is -0.480 e. The molecule has 2 amide bonds. The average Bonchev–Trinajstić information content (AvgIpc) is 2.97. The van der Waals surface area contributed by atoms with E-state index in [2.05, 4.69) is 22.2 Å². The number of hydrogen-bond donors (Lipinski definition) is 3. The molecule has 0 aromatic carbocycles. The van der Waals surface area contributed by atoms with Crippen LogP contribution in [0.15, 0.2) is 12.5 Å². The van der Waals surface area contributed by atoms with Crippen LogP contribution >= 0.6 is 0 Å². The van der Waals surface area contributed by atoms with Crippen molar-refractivity contribution >= 4 is 12.0 Å². The molecule has 2 heterocycles. The van der Waals surface area contributed by atoms with E-state index in [4.69, 9.17) is 0 Å². The van der Waals surface area contributed by atoms with Gasteiger partial charge in [-0.25, -0.2) is 14.6 Å². The summed E-state index contributed by atoms with van der Waals surface area (Å²) in [6.45, 7) is 2.86. The highest BCUT2D eigenvalue weighted by atomic mass is 16.4. The number of aromatic amines is 1. The third-order valence-electron chi connectivity index (χ3n) is 3.82. The van der Waals surface area contributed by atoms with Gasteiger partial charge >= 0.3 is 12.0 Å². The molecule has 2 unspecified atom stereocenters. The van der Waals surface area contributed by atoms with E-state index in [0.717, 1.165) is 18.5 Å². The fraction of sp³-hybridized carbons (Fsp3) is 0.615. The van der Waals surface area contributed by atoms with Crippen LogP contribution in [0.25, 0.3) is 0 Å². The molecule has 3 N–H and O–H groups in total. The lowest BCUT2D eigenvalue weighted by Gasteiger charge is -2.36. The number of rotatable bonds is 4. The van der Waals surface area contributed by atoms with Gasteiger partial charge in [-0.2, -0.15) is 0 Å². The number of H-pyrrole nitrogens is 1. The monoisotopic (exact) mass is 280 g/mol. The van der Waals surface area contributed by atoms with Gasteiger partial charge in [0.05, 0.1) is 18.6 Å². The van der Waals surface area contributed by atoms with Crippen LogP contribution in [0, 0.1) is 5.92 Å². The van der Waals surface area contributed by atoms with Crippen LogP contribution in [0.1, 0.15) is 31.9 Å². The Morgan fingerprint density at radius 3 is 3.00 bits per heavy atom. The molecule has 110 valence electrons. The zero-order chi connectivity index (χ0) is 14.5. The van der Waals surface area contributed by atoms with Gasteiger partial charge in [0, 0.05) is 12.7 Å². The summed E-state index contributed by atoms with van der Waals surface area (Å²) in [4.78, 5) is 31.6.